The van der Waals surface area contributed by atoms with Crippen molar-refractivity contribution in [3.8, 4) is 0 Å². The van der Waals surface area contributed by atoms with Crippen molar-refractivity contribution in [2.24, 2.45) is 0 Å². The largest absolute Gasteiger partial charge is 3.00 e. The molecule has 0 aliphatic rings. The number of hydrogen-bond donors (Lipinski definition) is 0. The van der Waals surface area contributed by atoms with E-state index in [0.717, 1.165) is 0 Å². The summed E-state index contributed by atoms with van der Waals surface area (Å²) < 4.78 is 1.72. The Morgan fingerprint density at radius 1 is 0.419 bits per heavy atom. The zero-order valence-electron chi connectivity index (χ0n) is 21.1. The quantitative estimate of drug-likeness (QED) is 0.279. The normalized spacial score (nSPS) is 10.3. The molecule has 0 heterocycles. The van der Waals surface area contributed by atoms with E-state index in [1.807, 2.05) is 14.7 Å². The van der Waals surface area contributed by atoms with Crippen LogP contribution in [0.3, 0.4) is 0 Å². The number of nitrogens with zero attached hydrogens (tertiary/aromatic N) is 3. The summed E-state index contributed by atoms with van der Waals surface area (Å²) >= 11 is 29.5. The minimum Gasteiger partial charge on any atom is -0.411 e. The van der Waals surface area contributed by atoms with Crippen LogP contribution in [0.15, 0.2) is 0 Å². The molecule has 0 spiro atoms. The van der Waals surface area contributed by atoms with Crippen LogP contribution in [-0.4, -0.2) is 63.9 Å². The maximum Gasteiger partial charge on any atom is 3.00 e. The first-order chi connectivity index (χ1) is 13.4. The van der Waals surface area contributed by atoms with E-state index in [1.165, 1.54) is 0 Å². The molecule has 186 valence electrons. The van der Waals surface area contributed by atoms with Crippen molar-refractivity contribution in [2.75, 3.05) is 0 Å². The predicted octanol–water partition coefficient (Wildman–Crippen LogP) is 5.81. The molecule has 0 N–H and O–H groups in total. The SMILES string of the molecule is CC(C)N(C(=S)[S-])C(C)C.CC(C)N(C(=S)[S-])C(C)C.CC(C)N(C(=S)[S-])C(C)C.[Co+3]. The van der Waals surface area contributed by atoms with Crippen LogP contribution in [0.2, 0.25) is 0 Å². The van der Waals surface area contributed by atoms with Gasteiger partial charge in [-0.25, -0.2) is 0 Å². The van der Waals surface area contributed by atoms with Crippen molar-refractivity contribution in [1.29, 1.82) is 0 Å². The summed E-state index contributed by atoms with van der Waals surface area (Å²) in [4.78, 5) is 6.14. The molecule has 0 atom stereocenters. The average molecular weight is 588 g/mol. The zero-order chi connectivity index (χ0) is 24.9. The first-order valence-corrected chi connectivity index (χ1v) is 12.8. The maximum absolute atomic E-state index is 4.91. The second-order valence-corrected chi connectivity index (χ2v) is 11.7. The smallest absolute Gasteiger partial charge is 0.411 e. The molecular weight excluding hydrogens is 546 g/mol. The van der Waals surface area contributed by atoms with E-state index in [2.05, 4.69) is 83.1 Å². The molecule has 0 aromatic heterocycles. The van der Waals surface area contributed by atoms with Crippen molar-refractivity contribution >= 4 is 87.5 Å². The van der Waals surface area contributed by atoms with Gasteiger partial charge in [0.1, 0.15) is 0 Å². The number of hydrogen-bond acceptors (Lipinski definition) is 6. The topological polar surface area (TPSA) is 9.72 Å². The Kier molecular flexibility index (Phi) is 25.5. The van der Waals surface area contributed by atoms with Crippen LogP contribution in [0, 0.1) is 0 Å². The molecular formula is C21H42CoN3S6. The monoisotopic (exact) mass is 587 g/mol. The molecule has 0 saturated heterocycles. The zero-order valence-corrected chi connectivity index (χ0v) is 27.0. The summed E-state index contributed by atoms with van der Waals surface area (Å²) in [5, 5.41) is 0. The van der Waals surface area contributed by atoms with E-state index in [4.69, 9.17) is 74.5 Å². The second-order valence-electron chi connectivity index (χ2n) is 8.58. The Labute approximate surface area is 236 Å². The molecule has 0 rings (SSSR count). The van der Waals surface area contributed by atoms with E-state index >= 15 is 0 Å². The Hall–Kier alpha value is 0.836. The summed E-state index contributed by atoms with van der Waals surface area (Å²) in [6, 6.07) is 2.53. The van der Waals surface area contributed by atoms with Crippen LogP contribution in [-0.2, 0) is 54.7 Å². The average Bonchev–Trinajstić information content (AvgIpc) is 2.43. The van der Waals surface area contributed by atoms with Gasteiger partial charge in [-0.05, 0) is 83.1 Å². The predicted molar refractivity (Wildman–Crippen MR) is 156 cm³/mol. The second kappa shape index (κ2) is 20.2. The van der Waals surface area contributed by atoms with Crippen LogP contribution in [0.5, 0.6) is 0 Å². The summed E-state index contributed by atoms with van der Waals surface area (Å²) in [6.45, 7) is 25.1. The molecule has 0 aliphatic heterocycles. The first kappa shape index (κ1) is 39.1. The van der Waals surface area contributed by atoms with Gasteiger partial charge in [-0.3, -0.25) is 0 Å². The fourth-order valence-corrected chi connectivity index (χ4v) is 5.58. The van der Waals surface area contributed by atoms with Crippen molar-refractivity contribution in [1.82, 2.24) is 14.7 Å². The van der Waals surface area contributed by atoms with Gasteiger partial charge >= 0.3 is 16.8 Å². The Morgan fingerprint density at radius 3 is 0.516 bits per heavy atom. The molecule has 0 aromatic carbocycles. The molecule has 31 heavy (non-hydrogen) atoms. The van der Waals surface area contributed by atoms with Gasteiger partial charge in [0.25, 0.3) is 0 Å². The Bertz CT molecular complexity index is 416. The maximum atomic E-state index is 4.91. The molecule has 0 amide bonds. The molecule has 3 nitrogen and oxygen atoms in total. The molecule has 0 saturated carbocycles. The fourth-order valence-electron chi connectivity index (χ4n) is 3.05. The first-order valence-electron chi connectivity index (χ1n) is 10.4. The van der Waals surface area contributed by atoms with E-state index in [1.54, 1.807) is 0 Å². The van der Waals surface area contributed by atoms with Gasteiger partial charge < -0.3 is 89.2 Å². The van der Waals surface area contributed by atoms with Gasteiger partial charge in [-0.1, -0.05) is 13.0 Å². The van der Waals surface area contributed by atoms with Crippen LogP contribution >= 0.6 is 36.7 Å². The van der Waals surface area contributed by atoms with E-state index in [-0.39, 0.29) is 16.8 Å². The molecule has 0 bridgehead atoms. The molecule has 0 radical (unpaired) electrons. The van der Waals surface area contributed by atoms with Gasteiger partial charge in [-0.2, -0.15) is 0 Å². The van der Waals surface area contributed by atoms with Crippen molar-refractivity contribution in [2.45, 2.75) is 119 Å². The third kappa shape index (κ3) is 18.9. The van der Waals surface area contributed by atoms with Crippen molar-refractivity contribution < 1.29 is 16.8 Å². The fraction of sp³-hybridized carbons (Fsp3) is 0.857. The van der Waals surface area contributed by atoms with Crippen LogP contribution in [0.25, 0.3) is 0 Å². The standard InChI is InChI=1S/3C7H15NS2.Co/c3*1-5(2)8(6(3)4)7(9)10;/h3*5-6H,1-4H3,(H,9,10);/q;;;+3/p-3. The summed E-state index contributed by atoms with van der Waals surface area (Å²) in [6.07, 6.45) is 0. The minimum atomic E-state index is 0. The van der Waals surface area contributed by atoms with E-state index < -0.39 is 0 Å². The van der Waals surface area contributed by atoms with Gasteiger partial charge in [0.15, 0.2) is 0 Å². The third-order valence-electron chi connectivity index (χ3n) is 3.97. The van der Waals surface area contributed by atoms with Gasteiger partial charge in [0.05, 0.1) is 0 Å². The molecule has 0 fully saturated rings. The number of thiocarbonyl (C=S) groups is 3. The number of rotatable bonds is 6. The van der Waals surface area contributed by atoms with Gasteiger partial charge in [0.2, 0.25) is 0 Å². The van der Waals surface area contributed by atoms with Crippen LogP contribution in [0.1, 0.15) is 83.1 Å². The molecule has 0 aliphatic carbocycles. The third-order valence-corrected chi connectivity index (χ3v) is 5.24. The summed E-state index contributed by atoms with van der Waals surface area (Å²) in [5.41, 5.74) is 0. The van der Waals surface area contributed by atoms with Crippen molar-refractivity contribution in [3.05, 3.63) is 0 Å². The van der Waals surface area contributed by atoms with Gasteiger partial charge in [-0.15, -0.1) is 0 Å². The van der Waals surface area contributed by atoms with Crippen molar-refractivity contribution in [3.63, 3.8) is 0 Å². The van der Waals surface area contributed by atoms with E-state index in [9.17, 15) is 0 Å². The Morgan fingerprint density at radius 2 is 0.516 bits per heavy atom. The summed E-state index contributed by atoms with van der Waals surface area (Å²) in [5.74, 6) is 0. The summed E-state index contributed by atoms with van der Waals surface area (Å²) in [7, 11) is 0. The minimum absolute atomic E-state index is 0. The van der Waals surface area contributed by atoms with Crippen LogP contribution < -0.4 is 0 Å². The van der Waals surface area contributed by atoms with Crippen LogP contribution in [0.4, 0.5) is 0 Å². The van der Waals surface area contributed by atoms with E-state index in [0.29, 0.717) is 49.2 Å². The molecule has 0 unspecified atom stereocenters. The molecule has 0 aromatic rings. The van der Waals surface area contributed by atoms with Gasteiger partial charge in [0, 0.05) is 36.3 Å². The molecule has 10 heteroatoms. The Balaban J connectivity index is -0.000000174.